The van der Waals surface area contributed by atoms with E-state index in [4.69, 9.17) is 9.47 Å². The van der Waals surface area contributed by atoms with Crippen LogP contribution in [-0.2, 0) is 6.54 Å². The molecule has 2 heterocycles. The van der Waals surface area contributed by atoms with Crippen LogP contribution in [0.2, 0.25) is 0 Å². The summed E-state index contributed by atoms with van der Waals surface area (Å²) in [7, 11) is 0. The number of ether oxygens (including phenoxy) is 2. The monoisotopic (exact) mass is 336 g/mol. The summed E-state index contributed by atoms with van der Waals surface area (Å²) in [6, 6.07) is 12.9. The van der Waals surface area contributed by atoms with E-state index in [2.05, 4.69) is 5.32 Å². The van der Waals surface area contributed by atoms with E-state index in [9.17, 15) is 9.59 Å². The van der Waals surface area contributed by atoms with Crippen molar-refractivity contribution in [3.05, 3.63) is 59.8 Å². The van der Waals surface area contributed by atoms with E-state index in [1.165, 1.54) is 11.5 Å². The maximum absolute atomic E-state index is 12.6. The van der Waals surface area contributed by atoms with Crippen molar-refractivity contribution in [3.63, 3.8) is 0 Å². The third-order valence-corrected chi connectivity index (χ3v) is 4.19. The van der Waals surface area contributed by atoms with E-state index < -0.39 is 0 Å². The minimum absolute atomic E-state index is 0.133. The van der Waals surface area contributed by atoms with Gasteiger partial charge < -0.3 is 14.8 Å². The van der Waals surface area contributed by atoms with Gasteiger partial charge in [0.1, 0.15) is 0 Å². The van der Waals surface area contributed by atoms with E-state index in [1.54, 1.807) is 6.20 Å². The summed E-state index contributed by atoms with van der Waals surface area (Å²) in [4.78, 5) is 24.4. The normalized spacial score (nSPS) is 12.4. The second-order valence-corrected chi connectivity index (χ2v) is 5.82. The number of hydrogen-bond donors (Lipinski definition) is 1. The maximum atomic E-state index is 12.6. The molecule has 0 fully saturated rings. The molecule has 0 aliphatic carbocycles. The highest BCUT2D eigenvalue weighted by atomic mass is 16.7. The Morgan fingerprint density at radius 3 is 2.76 bits per heavy atom. The van der Waals surface area contributed by atoms with Gasteiger partial charge in [0.15, 0.2) is 11.5 Å². The minimum atomic E-state index is -0.228. The Balaban J connectivity index is 1.57. The van der Waals surface area contributed by atoms with Gasteiger partial charge in [0.25, 0.3) is 5.91 Å². The molecule has 25 heavy (non-hydrogen) atoms. The van der Waals surface area contributed by atoms with Crippen molar-refractivity contribution in [1.29, 1.82) is 0 Å². The SMILES string of the molecule is CC(=O)n1cc(C(=O)NCc2ccc3c(c2)OCO3)c2ccccc21. The van der Waals surface area contributed by atoms with Gasteiger partial charge in [-0.15, -0.1) is 0 Å². The first-order valence-electron chi connectivity index (χ1n) is 7.91. The fourth-order valence-electron chi connectivity index (χ4n) is 2.95. The molecular formula is C19H16N2O4. The van der Waals surface area contributed by atoms with Gasteiger partial charge in [0.05, 0.1) is 11.1 Å². The molecule has 4 rings (SSSR count). The number of nitrogens with zero attached hydrogens (tertiary/aromatic N) is 1. The fourth-order valence-corrected chi connectivity index (χ4v) is 2.95. The molecule has 2 aromatic carbocycles. The average molecular weight is 336 g/mol. The lowest BCUT2D eigenvalue weighted by Gasteiger charge is -2.05. The molecule has 0 saturated carbocycles. The van der Waals surface area contributed by atoms with Crippen LogP contribution in [0.5, 0.6) is 11.5 Å². The van der Waals surface area contributed by atoms with Crippen molar-refractivity contribution < 1.29 is 19.1 Å². The zero-order valence-electron chi connectivity index (χ0n) is 13.6. The Hall–Kier alpha value is -3.28. The smallest absolute Gasteiger partial charge is 0.253 e. The zero-order chi connectivity index (χ0) is 17.4. The predicted octanol–water partition coefficient (Wildman–Crippen LogP) is 2.96. The molecule has 3 aromatic rings. The third-order valence-electron chi connectivity index (χ3n) is 4.19. The van der Waals surface area contributed by atoms with E-state index in [0.29, 0.717) is 23.6 Å². The molecule has 0 saturated heterocycles. The molecule has 1 aromatic heterocycles. The lowest BCUT2D eigenvalue weighted by molar-refractivity contribution is 0.0941. The molecule has 6 heteroatoms. The second kappa shape index (κ2) is 5.98. The number of benzene rings is 2. The van der Waals surface area contributed by atoms with E-state index in [-0.39, 0.29) is 18.6 Å². The number of carbonyl (C=O) groups is 2. The molecule has 0 bridgehead atoms. The summed E-state index contributed by atoms with van der Waals surface area (Å²) < 4.78 is 12.1. The van der Waals surface area contributed by atoms with Crippen molar-refractivity contribution in [2.75, 3.05) is 6.79 Å². The summed E-state index contributed by atoms with van der Waals surface area (Å²) in [6.07, 6.45) is 1.59. The van der Waals surface area contributed by atoms with Crippen LogP contribution in [0.1, 0.15) is 27.6 Å². The van der Waals surface area contributed by atoms with Crippen LogP contribution in [0.15, 0.2) is 48.7 Å². The van der Waals surface area contributed by atoms with Crippen molar-refractivity contribution in [3.8, 4) is 11.5 Å². The molecular weight excluding hydrogens is 320 g/mol. The fraction of sp³-hybridized carbons (Fsp3) is 0.158. The number of aromatic nitrogens is 1. The first kappa shape index (κ1) is 15.3. The van der Waals surface area contributed by atoms with Gasteiger partial charge in [0.2, 0.25) is 12.7 Å². The Morgan fingerprint density at radius 2 is 1.92 bits per heavy atom. The first-order valence-corrected chi connectivity index (χ1v) is 7.91. The van der Waals surface area contributed by atoms with Gasteiger partial charge in [-0.3, -0.25) is 14.2 Å². The van der Waals surface area contributed by atoms with Crippen molar-refractivity contribution in [2.45, 2.75) is 13.5 Å². The average Bonchev–Trinajstić information content (AvgIpc) is 3.23. The number of fused-ring (bicyclic) bond motifs is 2. The van der Waals surface area contributed by atoms with E-state index in [0.717, 1.165) is 16.5 Å². The minimum Gasteiger partial charge on any atom is -0.454 e. The van der Waals surface area contributed by atoms with Gasteiger partial charge in [-0.05, 0) is 23.8 Å². The lowest BCUT2D eigenvalue weighted by atomic mass is 10.1. The molecule has 126 valence electrons. The van der Waals surface area contributed by atoms with Gasteiger partial charge >= 0.3 is 0 Å². The van der Waals surface area contributed by atoms with Crippen LogP contribution in [0, 0.1) is 0 Å². The van der Waals surface area contributed by atoms with E-state index in [1.807, 2.05) is 42.5 Å². The molecule has 1 aliphatic heterocycles. The molecule has 1 amide bonds. The Labute approximate surface area is 144 Å². The van der Waals surface area contributed by atoms with Crippen LogP contribution in [-0.4, -0.2) is 23.2 Å². The van der Waals surface area contributed by atoms with Crippen LogP contribution in [0.25, 0.3) is 10.9 Å². The molecule has 6 nitrogen and oxygen atoms in total. The van der Waals surface area contributed by atoms with Crippen LogP contribution in [0.3, 0.4) is 0 Å². The first-order chi connectivity index (χ1) is 12.1. The summed E-state index contributed by atoms with van der Waals surface area (Å²) in [5, 5.41) is 3.64. The number of rotatable bonds is 3. The van der Waals surface area contributed by atoms with Crippen molar-refractivity contribution in [1.82, 2.24) is 9.88 Å². The largest absolute Gasteiger partial charge is 0.454 e. The molecule has 0 radical (unpaired) electrons. The van der Waals surface area contributed by atoms with Gasteiger partial charge in [-0.2, -0.15) is 0 Å². The Kier molecular flexibility index (Phi) is 3.65. The predicted molar refractivity (Wildman–Crippen MR) is 92.0 cm³/mol. The van der Waals surface area contributed by atoms with Crippen LogP contribution < -0.4 is 14.8 Å². The number of hydrogen-bond acceptors (Lipinski definition) is 4. The number of carbonyl (C=O) groups excluding carboxylic acids is 2. The standard InChI is InChI=1S/C19H16N2O4/c1-12(22)21-10-15(14-4-2-3-5-16(14)21)19(23)20-9-13-6-7-17-18(8-13)25-11-24-17/h2-8,10H,9,11H2,1H3,(H,20,23). The quantitative estimate of drug-likeness (QED) is 0.798. The number of para-hydroxylation sites is 1. The number of amides is 1. The van der Waals surface area contributed by atoms with Crippen LogP contribution in [0.4, 0.5) is 0 Å². The Bertz CT molecular complexity index is 990. The summed E-state index contributed by atoms with van der Waals surface area (Å²) in [6.45, 7) is 2.05. The summed E-state index contributed by atoms with van der Waals surface area (Å²) in [5.74, 6) is 1.03. The van der Waals surface area contributed by atoms with Crippen molar-refractivity contribution in [2.24, 2.45) is 0 Å². The zero-order valence-corrected chi connectivity index (χ0v) is 13.6. The van der Waals surface area contributed by atoms with Crippen molar-refractivity contribution >= 4 is 22.7 Å². The molecule has 0 unspecified atom stereocenters. The molecule has 0 atom stereocenters. The maximum Gasteiger partial charge on any atom is 0.253 e. The van der Waals surface area contributed by atoms with Gasteiger partial charge in [-0.25, -0.2) is 0 Å². The summed E-state index contributed by atoms with van der Waals surface area (Å²) >= 11 is 0. The Morgan fingerprint density at radius 1 is 1.12 bits per heavy atom. The molecule has 1 N–H and O–H groups in total. The number of nitrogens with one attached hydrogen (secondary N) is 1. The highest BCUT2D eigenvalue weighted by Crippen LogP contribution is 2.32. The van der Waals surface area contributed by atoms with E-state index >= 15 is 0 Å². The van der Waals surface area contributed by atoms with Gasteiger partial charge in [0, 0.05) is 25.1 Å². The molecule has 0 spiro atoms. The lowest BCUT2D eigenvalue weighted by Crippen LogP contribution is -2.22. The highest BCUT2D eigenvalue weighted by Gasteiger charge is 2.17. The topological polar surface area (TPSA) is 69.6 Å². The third kappa shape index (κ3) is 2.71. The highest BCUT2D eigenvalue weighted by molar-refractivity contribution is 6.09. The summed E-state index contributed by atoms with van der Waals surface area (Å²) in [5.41, 5.74) is 2.11. The van der Waals surface area contributed by atoms with Crippen LogP contribution >= 0.6 is 0 Å². The molecule has 1 aliphatic rings. The van der Waals surface area contributed by atoms with Gasteiger partial charge in [-0.1, -0.05) is 24.3 Å². The second-order valence-electron chi connectivity index (χ2n) is 5.82.